The van der Waals surface area contributed by atoms with Crippen molar-refractivity contribution >= 4 is 62.7 Å². The highest BCUT2D eigenvalue weighted by Crippen LogP contribution is 2.38. The summed E-state index contributed by atoms with van der Waals surface area (Å²) >= 11 is 12.6. The van der Waals surface area contributed by atoms with Gasteiger partial charge in [0.1, 0.15) is 0 Å². The summed E-state index contributed by atoms with van der Waals surface area (Å²) in [7, 11) is 0. The number of rotatable bonds is 3. The van der Waals surface area contributed by atoms with Crippen LogP contribution in [0, 0.1) is 0 Å². The number of hydrogen-bond acceptors (Lipinski definition) is 6. The maximum atomic E-state index is 13.5. The molecule has 4 aromatic carbocycles. The Morgan fingerprint density at radius 3 is 2.23 bits per heavy atom. The van der Waals surface area contributed by atoms with E-state index in [2.05, 4.69) is 20.3 Å². The number of nitrogens with zero attached hydrogens (tertiary/aromatic N) is 4. The summed E-state index contributed by atoms with van der Waals surface area (Å²) in [6.07, 6.45) is 0. The molecule has 2 aromatic heterocycles. The fourth-order valence-electron chi connectivity index (χ4n) is 4.97. The van der Waals surface area contributed by atoms with Crippen LogP contribution in [0.2, 0.25) is 10.0 Å². The molecule has 0 spiro atoms. The fraction of sp³-hybridized carbons (Fsp3) is 0. The minimum absolute atomic E-state index is 0.171. The minimum Gasteiger partial charge on any atom is -0.289 e. The van der Waals surface area contributed by atoms with Gasteiger partial charge in [0, 0.05) is 27.3 Å². The number of H-pyrrole nitrogens is 1. The molecule has 1 aliphatic carbocycles. The van der Waals surface area contributed by atoms with E-state index in [1.165, 1.54) is 16.6 Å². The van der Waals surface area contributed by atoms with Gasteiger partial charge >= 0.3 is 0 Å². The molecule has 0 saturated carbocycles. The lowest BCUT2D eigenvalue weighted by Gasteiger charge is -2.18. The minimum atomic E-state index is -0.419. The monoisotopic (exact) mass is 563 g/mol. The lowest BCUT2D eigenvalue weighted by molar-refractivity contribution is 0.0979. The molecule has 1 aliphatic rings. The second-order valence-electron chi connectivity index (χ2n) is 9.16. The van der Waals surface area contributed by atoms with Crippen LogP contribution in [0.15, 0.2) is 100.0 Å². The van der Waals surface area contributed by atoms with Crippen LogP contribution < -0.4 is 5.56 Å². The van der Waals surface area contributed by atoms with Crippen molar-refractivity contribution in [2.45, 2.75) is 0 Å². The summed E-state index contributed by atoms with van der Waals surface area (Å²) in [5.41, 5.74) is 2.79. The summed E-state index contributed by atoms with van der Waals surface area (Å²) < 4.78 is 1.26. The Bertz CT molecular complexity index is 2150. The van der Waals surface area contributed by atoms with Gasteiger partial charge in [-0.15, -0.1) is 10.2 Å². The number of aromatic amines is 1. The highest BCUT2D eigenvalue weighted by atomic mass is 35.5. The van der Waals surface area contributed by atoms with Crippen molar-refractivity contribution in [2.24, 2.45) is 10.2 Å². The van der Waals surface area contributed by atoms with Crippen LogP contribution in [-0.2, 0) is 0 Å². The van der Waals surface area contributed by atoms with Crippen LogP contribution in [0.1, 0.15) is 31.8 Å². The number of nitrogens with one attached hydrogen (secondary N) is 1. The summed E-state index contributed by atoms with van der Waals surface area (Å²) in [5, 5.41) is 12.8. The highest BCUT2D eigenvalue weighted by Gasteiger charge is 2.31. The zero-order chi connectivity index (χ0) is 27.5. The molecule has 0 unspecified atom stereocenters. The molecule has 0 aliphatic heterocycles. The number of benzene rings is 4. The third kappa shape index (κ3) is 3.61. The van der Waals surface area contributed by atoms with Crippen LogP contribution in [0.3, 0.4) is 0 Å². The number of aromatic nitrogens is 3. The van der Waals surface area contributed by atoms with Crippen LogP contribution in [-0.4, -0.2) is 26.2 Å². The molecule has 2 heterocycles. The van der Waals surface area contributed by atoms with Gasteiger partial charge in [0.15, 0.2) is 22.9 Å². The average Bonchev–Trinajstić information content (AvgIpc) is 3.34. The normalized spacial score (nSPS) is 12.8. The van der Waals surface area contributed by atoms with Crippen molar-refractivity contribution < 1.29 is 9.59 Å². The summed E-state index contributed by atoms with van der Waals surface area (Å²) in [6, 6.07) is 23.8. The van der Waals surface area contributed by atoms with Gasteiger partial charge < -0.3 is 0 Å². The highest BCUT2D eigenvalue weighted by molar-refractivity contribution is 6.38. The first-order valence-electron chi connectivity index (χ1n) is 12.1. The summed E-state index contributed by atoms with van der Waals surface area (Å²) in [5.74, 6) is -0.571. The van der Waals surface area contributed by atoms with Crippen molar-refractivity contribution in [1.82, 2.24) is 14.6 Å². The Labute approximate surface area is 235 Å². The zero-order valence-electron chi connectivity index (χ0n) is 20.4. The molecule has 0 radical (unpaired) electrons. The fourth-order valence-corrected chi connectivity index (χ4v) is 5.50. The second kappa shape index (κ2) is 9.08. The van der Waals surface area contributed by atoms with E-state index >= 15 is 0 Å². The number of hydrogen-bond donors (Lipinski definition) is 1. The molecule has 192 valence electrons. The van der Waals surface area contributed by atoms with Gasteiger partial charge in [0.05, 0.1) is 32.9 Å². The zero-order valence-corrected chi connectivity index (χ0v) is 21.9. The molecule has 10 heteroatoms. The first-order chi connectivity index (χ1) is 19.4. The molecule has 40 heavy (non-hydrogen) atoms. The van der Waals surface area contributed by atoms with Crippen molar-refractivity contribution in [3.63, 3.8) is 0 Å². The molecule has 0 amide bonds. The van der Waals surface area contributed by atoms with Gasteiger partial charge in [0.2, 0.25) is 0 Å². The van der Waals surface area contributed by atoms with Crippen LogP contribution in [0.4, 0.5) is 11.4 Å². The maximum Gasteiger partial charge on any atom is 0.280 e. The van der Waals surface area contributed by atoms with Crippen LogP contribution in [0.5, 0.6) is 0 Å². The van der Waals surface area contributed by atoms with Gasteiger partial charge in [-0.3, -0.25) is 19.5 Å². The lowest BCUT2D eigenvalue weighted by atomic mass is 9.83. The molecule has 0 bridgehead atoms. The Morgan fingerprint density at radius 1 is 0.750 bits per heavy atom. The molecule has 0 atom stereocenters. The number of fused-ring (bicyclic) bond motifs is 4. The molecule has 0 saturated heterocycles. The van der Waals surface area contributed by atoms with Crippen LogP contribution >= 0.6 is 23.2 Å². The van der Waals surface area contributed by atoms with Crippen molar-refractivity contribution in [2.75, 3.05) is 0 Å². The number of carbonyl (C=O) groups is 2. The molecule has 1 N–H and O–H groups in total. The Balaban J connectivity index is 1.47. The number of carbonyl (C=O) groups excluding carboxylic acids is 2. The number of halogens is 2. The third-order valence-corrected chi connectivity index (χ3v) is 7.32. The largest absolute Gasteiger partial charge is 0.289 e. The summed E-state index contributed by atoms with van der Waals surface area (Å²) in [4.78, 5) is 44.7. The van der Waals surface area contributed by atoms with E-state index in [-0.39, 0.29) is 55.6 Å². The average molecular weight is 564 g/mol. The maximum absolute atomic E-state index is 13.5. The van der Waals surface area contributed by atoms with E-state index < -0.39 is 5.56 Å². The smallest absolute Gasteiger partial charge is 0.280 e. The van der Waals surface area contributed by atoms with E-state index in [0.717, 1.165) is 5.56 Å². The molecule has 8 nitrogen and oxygen atoms in total. The van der Waals surface area contributed by atoms with E-state index in [0.29, 0.717) is 21.8 Å². The molecule has 6 aromatic rings. The molecular weight excluding hydrogens is 549 g/mol. The standard InChI is InChI=1S/C30H15Cl2N5O3/c31-16-13-20-25(21(32)14-16)33-29-26(24(36-37(29)30(20)40)15-7-2-1-3-8-15)35-34-22-12-6-11-19-23(22)28(39)18-10-5-4-9-17(18)27(19)38/h1-14,36H. The van der Waals surface area contributed by atoms with Crippen LogP contribution in [0.25, 0.3) is 27.8 Å². The van der Waals surface area contributed by atoms with Crippen molar-refractivity contribution in [1.29, 1.82) is 0 Å². The van der Waals surface area contributed by atoms with E-state index in [4.69, 9.17) is 23.2 Å². The Kier molecular flexibility index (Phi) is 5.48. The number of azo groups is 1. The summed E-state index contributed by atoms with van der Waals surface area (Å²) in [6.45, 7) is 0. The molecule has 7 rings (SSSR count). The first-order valence-corrected chi connectivity index (χ1v) is 12.9. The SMILES string of the molecule is O=C1c2ccccc2C(=O)c2c(N=Nc3c(-c4ccccc4)[nH]n4c(=O)c5cc(Cl)cc(Cl)c5nc34)cccc21. The molecule has 0 fully saturated rings. The van der Waals surface area contributed by atoms with E-state index in [1.807, 2.05) is 30.3 Å². The van der Waals surface area contributed by atoms with E-state index in [1.54, 1.807) is 42.5 Å². The van der Waals surface area contributed by atoms with Crippen molar-refractivity contribution in [3.8, 4) is 11.3 Å². The second-order valence-corrected chi connectivity index (χ2v) is 10.0. The van der Waals surface area contributed by atoms with Crippen molar-refractivity contribution in [3.05, 3.63) is 128 Å². The van der Waals surface area contributed by atoms with Gasteiger partial charge in [0.25, 0.3) is 5.56 Å². The van der Waals surface area contributed by atoms with Gasteiger partial charge in [-0.25, -0.2) is 4.98 Å². The predicted octanol–water partition coefficient (Wildman–Crippen LogP) is 7.34. The lowest BCUT2D eigenvalue weighted by Crippen LogP contribution is -2.20. The molecular formula is C30H15Cl2N5O3. The first kappa shape index (κ1) is 24.1. The van der Waals surface area contributed by atoms with Gasteiger partial charge in [-0.1, -0.05) is 89.9 Å². The quantitative estimate of drug-likeness (QED) is 0.227. The van der Waals surface area contributed by atoms with E-state index in [9.17, 15) is 14.4 Å². The van der Waals surface area contributed by atoms with Gasteiger partial charge in [-0.2, -0.15) is 4.52 Å². The third-order valence-electron chi connectivity index (χ3n) is 6.81. The van der Waals surface area contributed by atoms with Gasteiger partial charge in [-0.05, 0) is 18.2 Å². The predicted molar refractivity (Wildman–Crippen MR) is 153 cm³/mol. The Morgan fingerprint density at radius 2 is 1.45 bits per heavy atom. The number of ketones is 2. The topological polar surface area (TPSA) is 109 Å². The Hall–Kier alpha value is -4.92.